The number of halogens is 3. The standard InChI is InChI=1S/C22H22F3N3O3/c23-22(24,25)17-9-4-8-16(12-17)18(14-28-11-5-10-20(28)30)27-19(29)13-26-21(31)15-6-2-1-3-7-15/h1-4,6-9,12,18H,5,10-11,13-14H2,(H,26,31)(H,27,29). The lowest BCUT2D eigenvalue weighted by Crippen LogP contribution is -2.43. The van der Waals surface area contributed by atoms with Gasteiger partial charge < -0.3 is 15.5 Å². The van der Waals surface area contributed by atoms with Crippen molar-refractivity contribution in [1.29, 1.82) is 0 Å². The molecule has 3 amide bonds. The van der Waals surface area contributed by atoms with Gasteiger partial charge >= 0.3 is 6.18 Å². The van der Waals surface area contributed by atoms with E-state index >= 15 is 0 Å². The van der Waals surface area contributed by atoms with E-state index in [1.807, 2.05) is 0 Å². The molecule has 0 spiro atoms. The Morgan fingerprint density at radius 2 is 1.81 bits per heavy atom. The molecule has 2 aromatic carbocycles. The van der Waals surface area contributed by atoms with Gasteiger partial charge in [-0.15, -0.1) is 0 Å². The maximum atomic E-state index is 13.1. The normalized spacial score (nSPS) is 14.9. The van der Waals surface area contributed by atoms with Gasteiger partial charge in [0.05, 0.1) is 18.2 Å². The highest BCUT2D eigenvalue weighted by molar-refractivity contribution is 5.96. The lowest BCUT2D eigenvalue weighted by atomic mass is 10.0. The number of amides is 3. The average Bonchev–Trinajstić information content (AvgIpc) is 3.16. The fourth-order valence-corrected chi connectivity index (χ4v) is 3.38. The monoisotopic (exact) mass is 433 g/mol. The summed E-state index contributed by atoms with van der Waals surface area (Å²) < 4.78 is 39.4. The van der Waals surface area contributed by atoms with E-state index in [1.54, 1.807) is 30.3 Å². The molecular formula is C22H22F3N3O3. The van der Waals surface area contributed by atoms with Gasteiger partial charge in [0.2, 0.25) is 11.8 Å². The van der Waals surface area contributed by atoms with Gasteiger partial charge in [-0.3, -0.25) is 14.4 Å². The smallest absolute Gasteiger partial charge is 0.346 e. The van der Waals surface area contributed by atoms with E-state index in [9.17, 15) is 27.6 Å². The minimum Gasteiger partial charge on any atom is -0.346 e. The number of alkyl halides is 3. The van der Waals surface area contributed by atoms with Crippen molar-refractivity contribution in [3.63, 3.8) is 0 Å². The summed E-state index contributed by atoms with van der Waals surface area (Å²) in [6.07, 6.45) is -3.50. The molecule has 1 fully saturated rings. The van der Waals surface area contributed by atoms with Gasteiger partial charge in [0, 0.05) is 25.1 Å². The number of carbonyl (C=O) groups is 3. The average molecular weight is 433 g/mol. The highest BCUT2D eigenvalue weighted by atomic mass is 19.4. The first-order chi connectivity index (χ1) is 14.7. The highest BCUT2D eigenvalue weighted by Gasteiger charge is 2.32. The number of hydrogen-bond acceptors (Lipinski definition) is 3. The number of nitrogens with one attached hydrogen (secondary N) is 2. The van der Waals surface area contributed by atoms with E-state index in [0.717, 1.165) is 12.1 Å². The third-order valence-corrected chi connectivity index (χ3v) is 4.97. The molecule has 9 heteroatoms. The first kappa shape index (κ1) is 22.3. The molecule has 1 unspecified atom stereocenters. The molecule has 1 aliphatic rings. The van der Waals surface area contributed by atoms with Gasteiger partial charge in [-0.25, -0.2) is 0 Å². The Hall–Kier alpha value is -3.36. The van der Waals surface area contributed by atoms with Crippen molar-refractivity contribution in [3.8, 4) is 0 Å². The summed E-state index contributed by atoms with van der Waals surface area (Å²) in [6.45, 7) is 0.185. The Balaban J connectivity index is 1.71. The summed E-state index contributed by atoms with van der Waals surface area (Å²) in [5.74, 6) is -1.12. The van der Waals surface area contributed by atoms with Gasteiger partial charge in [-0.2, -0.15) is 13.2 Å². The van der Waals surface area contributed by atoms with Crippen LogP contribution >= 0.6 is 0 Å². The Morgan fingerprint density at radius 3 is 2.45 bits per heavy atom. The van der Waals surface area contributed by atoms with Gasteiger partial charge in [0.15, 0.2) is 0 Å². The first-order valence-electron chi connectivity index (χ1n) is 9.81. The molecule has 1 heterocycles. The van der Waals surface area contributed by atoms with Crippen LogP contribution in [-0.2, 0) is 15.8 Å². The molecule has 3 rings (SSSR count). The zero-order valence-electron chi connectivity index (χ0n) is 16.6. The predicted molar refractivity (Wildman–Crippen MR) is 107 cm³/mol. The van der Waals surface area contributed by atoms with Crippen LogP contribution in [0.4, 0.5) is 13.2 Å². The van der Waals surface area contributed by atoms with Crippen molar-refractivity contribution < 1.29 is 27.6 Å². The Bertz CT molecular complexity index is 948. The Morgan fingerprint density at radius 1 is 1.06 bits per heavy atom. The summed E-state index contributed by atoms with van der Waals surface area (Å²) in [4.78, 5) is 38.1. The maximum Gasteiger partial charge on any atom is 0.416 e. The van der Waals surface area contributed by atoms with E-state index in [0.29, 0.717) is 24.9 Å². The number of hydrogen-bond donors (Lipinski definition) is 2. The lowest BCUT2D eigenvalue weighted by Gasteiger charge is -2.26. The highest BCUT2D eigenvalue weighted by Crippen LogP contribution is 2.31. The number of rotatable bonds is 7. The fraction of sp³-hybridized carbons (Fsp3) is 0.318. The molecule has 6 nitrogen and oxygen atoms in total. The van der Waals surface area contributed by atoms with Crippen LogP contribution in [0.5, 0.6) is 0 Å². The third kappa shape index (κ3) is 6.07. The number of nitrogens with zero attached hydrogens (tertiary/aromatic N) is 1. The third-order valence-electron chi connectivity index (χ3n) is 4.97. The molecule has 2 N–H and O–H groups in total. The molecule has 1 aliphatic heterocycles. The molecule has 0 aromatic heterocycles. The number of benzene rings is 2. The first-order valence-corrected chi connectivity index (χ1v) is 9.81. The van der Waals surface area contributed by atoms with Crippen LogP contribution in [0.2, 0.25) is 0 Å². The van der Waals surface area contributed by atoms with Crippen LogP contribution in [0.25, 0.3) is 0 Å². The number of carbonyl (C=O) groups excluding carboxylic acids is 3. The van der Waals surface area contributed by atoms with Crippen molar-refractivity contribution in [3.05, 3.63) is 71.3 Å². The maximum absolute atomic E-state index is 13.1. The van der Waals surface area contributed by atoms with Crippen LogP contribution in [0.15, 0.2) is 54.6 Å². The lowest BCUT2D eigenvalue weighted by molar-refractivity contribution is -0.137. The fourth-order valence-electron chi connectivity index (χ4n) is 3.38. The second-order valence-corrected chi connectivity index (χ2v) is 7.24. The molecule has 0 saturated carbocycles. The van der Waals surface area contributed by atoms with Crippen LogP contribution in [0.1, 0.15) is 40.4 Å². The summed E-state index contributed by atoms with van der Waals surface area (Å²) in [5, 5.41) is 5.13. The molecule has 2 aromatic rings. The summed E-state index contributed by atoms with van der Waals surface area (Å²) >= 11 is 0. The summed E-state index contributed by atoms with van der Waals surface area (Å²) in [6, 6.07) is 12.1. The van der Waals surface area contributed by atoms with Gasteiger partial charge in [-0.05, 0) is 36.2 Å². The zero-order chi connectivity index (χ0) is 22.4. The van der Waals surface area contributed by atoms with Gasteiger partial charge in [0.1, 0.15) is 0 Å². The van der Waals surface area contributed by atoms with Crippen molar-refractivity contribution in [1.82, 2.24) is 15.5 Å². The second kappa shape index (κ2) is 9.63. The van der Waals surface area contributed by atoms with E-state index in [-0.39, 0.29) is 24.6 Å². The quantitative estimate of drug-likeness (QED) is 0.705. The van der Waals surface area contributed by atoms with Gasteiger partial charge in [-0.1, -0.05) is 30.3 Å². The molecule has 0 aliphatic carbocycles. The molecule has 164 valence electrons. The Labute approximate surface area is 177 Å². The molecule has 0 bridgehead atoms. The van der Waals surface area contributed by atoms with E-state index < -0.39 is 29.6 Å². The second-order valence-electron chi connectivity index (χ2n) is 7.24. The minimum atomic E-state index is -4.53. The SMILES string of the molecule is O=C(CNC(=O)c1ccccc1)NC(CN1CCCC1=O)c1cccc(C(F)(F)F)c1. The van der Waals surface area contributed by atoms with Crippen molar-refractivity contribution in [2.75, 3.05) is 19.6 Å². The molecule has 1 atom stereocenters. The van der Waals surface area contributed by atoms with Crippen molar-refractivity contribution in [2.45, 2.75) is 25.1 Å². The molecule has 31 heavy (non-hydrogen) atoms. The minimum absolute atomic E-state index is 0.0541. The largest absolute Gasteiger partial charge is 0.416 e. The van der Waals surface area contributed by atoms with Crippen molar-refractivity contribution in [2.24, 2.45) is 0 Å². The van der Waals surface area contributed by atoms with Crippen LogP contribution in [0, 0.1) is 0 Å². The van der Waals surface area contributed by atoms with Crippen LogP contribution in [-0.4, -0.2) is 42.3 Å². The summed E-state index contributed by atoms with van der Waals surface area (Å²) in [5.41, 5.74) is -0.223. The molecule has 0 radical (unpaired) electrons. The van der Waals surface area contributed by atoms with E-state index in [1.165, 1.54) is 17.0 Å². The van der Waals surface area contributed by atoms with Crippen molar-refractivity contribution >= 4 is 17.7 Å². The van der Waals surface area contributed by atoms with Gasteiger partial charge in [0.25, 0.3) is 5.91 Å². The predicted octanol–water partition coefficient (Wildman–Crippen LogP) is 2.92. The van der Waals surface area contributed by atoms with E-state index in [4.69, 9.17) is 0 Å². The summed E-state index contributed by atoms with van der Waals surface area (Å²) in [7, 11) is 0. The van der Waals surface area contributed by atoms with Crippen LogP contribution < -0.4 is 10.6 Å². The van der Waals surface area contributed by atoms with E-state index in [2.05, 4.69) is 10.6 Å². The molecule has 1 saturated heterocycles. The Kier molecular flexibility index (Phi) is 6.94. The van der Waals surface area contributed by atoms with Crippen LogP contribution in [0.3, 0.4) is 0 Å². The zero-order valence-corrected chi connectivity index (χ0v) is 16.6. The number of likely N-dealkylation sites (tertiary alicyclic amines) is 1. The topological polar surface area (TPSA) is 78.5 Å². The molecular weight excluding hydrogens is 411 g/mol.